The van der Waals surface area contributed by atoms with Crippen molar-refractivity contribution in [1.29, 1.82) is 0 Å². The van der Waals surface area contributed by atoms with Gasteiger partial charge in [0.15, 0.2) is 0 Å². The standard InChI is InChI=1S/C22H34O3/c1-13(23)17-7-8-18-16-6-5-14-11-15(24)9-10-20(14,2)19(16)22(4,25)12-21(17,18)3/h14,16-19,25H,5-12H2,1-4H3/t14?,16?,17?,18?,19?,20?,21?,22-/m0/s1. The van der Waals surface area contributed by atoms with E-state index in [1.165, 1.54) is 0 Å². The van der Waals surface area contributed by atoms with Gasteiger partial charge >= 0.3 is 0 Å². The molecule has 1 N–H and O–H groups in total. The summed E-state index contributed by atoms with van der Waals surface area (Å²) in [5.74, 6) is 2.62. The molecule has 3 heteroatoms. The molecule has 0 amide bonds. The van der Waals surface area contributed by atoms with Gasteiger partial charge in [0.05, 0.1) is 5.60 Å². The van der Waals surface area contributed by atoms with Crippen LogP contribution in [0.15, 0.2) is 0 Å². The molecule has 4 aliphatic rings. The Morgan fingerprint density at radius 3 is 2.48 bits per heavy atom. The number of hydrogen-bond donors (Lipinski definition) is 1. The number of rotatable bonds is 1. The first-order valence-electron chi connectivity index (χ1n) is 10.3. The highest BCUT2D eigenvalue weighted by atomic mass is 16.3. The van der Waals surface area contributed by atoms with Crippen LogP contribution in [0.4, 0.5) is 0 Å². The Balaban J connectivity index is 1.74. The maximum absolute atomic E-state index is 12.3. The van der Waals surface area contributed by atoms with Crippen LogP contribution in [0.2, 0.25) is 0 Å². The SMILES string of the molecule is CC(=O)C1CCC2C3CCC4CC(=O)CCC4(C)C3[C@@](C)(O)CC12C. The van der Waals surface area contributed by atoms with Crippen molar-refractivity contribution in [2.24, 2.45) is 40.4 Å². The van der Waals surface area contributed by atoms with Gasteiger partial charge in [-0.25, -0.2) is 0 Å². The molecule has 0 heterocycles. The molecule has 0 spiro atoms. The van der Waals surface area contributed by atoms with Gasteiger partial charge in [0.2, 0.25) is 0 Å². The van der Waals surface area contributed by atoms with E-state index >= 15 is 0 Å². The first-order valence-corrected chi connectivity index (χ1v) is 10.3. The lowest BCUT2D eigenvalue weighted by atomic mass is 9.41. The molecule has 4 saturated carbocycles. The number of ketones is 2. The molecule has 0 aromatic heterocycles. The van der Waals surface area contributed by atoms with Crippen molar-refractivity contribution in [2.45, 2.75) is 84.7 Å². The van der Waals surface area contributed by atoms with Gasteiger partial charge in [-0.2, -0.15) is 0 Å². The topological polar surface area (TPSA) is 54.4 Å². The second kappa shape index (κ2) is 5.41. The molecule has 0 aliphatic heterocycles. The van der Waals surface area contributed by atoms with Crippen molar-refractivity contribution in [1.82, 2.24) is 0 Å². The highest BCUT2D eigenvalue weighted by molar-refractivity contribution is 5.80. The molecular weight excluding hydrogens is 312 g/mol. The molecular formula is C22H34O3. The normalized spacial score (nSPS) is 55.2. The number of carbonyl (C=O) groups is 2. The third-order valence-electron chi connectivity index (χ3n) is 9.16. The Morgan fingerprint density at radius 2 is 1.80 bits per heavy atom. The summed E-state index contributed by atoms with van der Waals surface area (Å²) in [5, 5.41) is 11.7. The molecule has 3 nitrogen and oxygen atoms in total. The third kappa shape index (κ3) is 2.33. The van der Waals surface area contributed by atoms with Crippen molar-refractivity contribution in [3.8, 4) is 0 Å². The maximum atomic E-state index is 12.3. The molecule has 7 unspecified atom stereocenters. The Labute approximate surface area is 151 Å². The summed E-state index contributed by atoms with van der Waals surface area (Å²) in [6, 6.07) is 0. The summed E-state index contributed by atoms with van der Waals surface area (Å²) < 4.78 is 0. The summed E-state index contributed by atoms with van der Waals surface area (Å²) in [6.07, 6.45) is 7.46. The van der Waals surface area contributed by atoms with Crippen LogP contribution in [0.1, 0.15) is 79.1 Å². The molecule has 0 radical (unpaired) electrons. The van der Waals surface area contributed by atoms with E-state index < -0.39 is 5.60 Å². The Kier molecular flexibility index (Phi) is 3.83. The molecule has 4 fully saturated rings. The van der Waals surface area contributed by atoms with Gasteiger partial charge in [0.25, 0.3) is 0 Å². The van der Waals surface area contributed by atoms with Gasteiger partial charge in [0, 0.05) is 18.8 Å². The van der Waals surface area contributed by atoms with Crippen molar-refractivity contribution in [3.63, 3.8) is 0 Å². The largest absolute Gasteiger partial charge is 0.390 e. The zero-order chi connectivity index (χ0) is 18.2. The van der Waals surface area contributed by atoms with Crippen molar-refractivity contribution in [3.05, 3.63) is 0 Å². The van der Waals surface area contributed by atoms with E-state index in [1.807, 2.05) is 6.92 Å². The Hall–Kier alpha value is -0.700. The first kappa shape index (κ1) is 17.7. The predicted octanol–water partition coefficient (Wildman–Crippen LogP) is 4.16. The highest BCUT2D eigenvalue weighted by Gasteiger charge is 2.66. The number of hydrogen-bond acceptors (Lipinski definition) is 3. The molecule has 4 rings (SSSR count). The van der Waals surface area contributed by atoms with Crippen LogP contribution in [0.5, 0.6) is 0 Å². The minimum atomic E-state index is -0.734. The van der Waals surface area contributed by atoms with Gasteiger partial charge < -0.3 is 5.11 Å². The monoisotopic (exact) mass is 346 g/mol. The van der Waals surface area contributed by atoms with Gasteiger partial charge in [-0.1, -0.05) is 13.8 Å². The van der Waals surface area contributed by atoms with Gasteiger partial charge in [0.1, 0.15) is 11.6 Å². The van der Waals surface area contributed by atoms with Crippen molar-refractivity contribution >= 4 is 11.6 Å². The van der Waals surface area contributed by atoms with Crippen LogP contribution in [0, 0.1) is 40.4 Å². The van der Waals surface area contributed by atoms with Crippen molar-refractivity contribution < 1.29 is 14.7 Å². The molecule has 4 aliphatic carbocycles. The lowest BCUT2D eigenvalue weighted by molar-refractivity contribution is -0.213. The van der Waals surface area contributed by atoms with E-state index in [1.54, 1.807) is 6.92 Å². The fraction of sp³-hybridized carbons (Fsp3) is 0.909. The van der Waals surface area contributed by atoms with Crippen LogP contribution in [-0.4, -0.2) is 22.3 Å². The van der Waals surface area contributed by atoms with Crippen LogP contribution >= 0.6 is 0 Å². The molecule has 140 valence electrons. The van der Waals surface area contributed by atoms with E-state index in [2.05, 4.69) is 13.8 Å². The minimum Gasteiger partial charge on any atom is -0.390 e. The molecule has 0 bridgehead atoms. The summed E-state index contributed by atoms with van der Waals surface area (Å²) in [6.45, 7) is 8.41. The first-order chi connectivity index (χ1) is 11.6. The zero-order valence-corrected chi connectivity index (χ0v) is 16.3. The lowest BCUT2D eigenvalue weighted by Crippen LogP contribution is -2.63. The smallest absolute Gasteiger partial charge is 0.133 e. The average molecular weight is 347 g/mol. The van der Waals surface area contributed by atoms with E-state index in [0.717, 1.165) is 38.5 Å². The Bertz CT molecular complexity index is 608. The second-order valence-corrected chi connectivity index (χ2v) is 10.6. The highest BCUT2D eigenvalue weighted by Crippen LogP contribution is 2.69. The third-order valence-corrected chi connectivity index (χ3v) is 9.16. The molecule has 0 aromatic carbocycles. The van der Waals surface area contributed by atoms with Gasteiger partial charge in [-0.3, -0.25) is 9.59 Å². The summed E-state index contributed by atoms with van der Waals surface area (Å²) in [7, 11) is 0. The quantitative estimate of drug-likeness (QED) is 0.775. The lowest BCUT2D eigenvalue weighted by Gasteiger charge is -2.64. The molecule has 8 atom stereocenters. The minimum absolute atomic E-state index is 0.0514. The summed E-state index contributed by atoms with van der Waals surface area (Å²) in [5.41, 5.74) is -0.706. The molecule has 0 aromatic rings. The summed E-state index contributed by atoms with van der Waals surface area (Å²) in [4.78, 5) is 24.3. The number of carbonyl (C=O) groups excluding carboxylic acids is 2. The number of aliphatic hydroxyl groups is 1. The fourth-order valence-electron chi connectivity index (χ4n) is 8.49. The summed E-state index contributed by atoms with van der Waals surface area (Å²) >= 11 is 0. The predicted molar refractivity (Wildman–Crippen MR) is 96.9 cm³/mol. The van der Waals surface area contributed by atoms with E-state index in [4.69, 9.17) is 0 Å². The fourth-order valence-corrected chi connectivity index (χ4v) is 8.49. The number of fused-ring (bicyclic) bond motifs is 5. The second-order valence-electron chi connectivity index (χ2n) is 10.6. The van der Waals surface area contributed by atoms with Gasteiger partial charge in [-0.05, 0) is 86.9 Å². The average Bonchev–Trinajstić information content (AvgIpc) is 2.83. The van der Waals surface area contributed by atoms with Crippen LogP contribution in [0.25, 0.3) is 0 Å². The van der Waals surface area contributed by atoms with E-state index in [0.29, 0.717) is 42.2 Å². The van der Waals surface area contributed by atoms with Gasteiger partial charge in [-0.15, -0.1) is 0 Å². The molecule has 0 saturated heterocycles. The van der Waals surface area contributed by atoms with Crippen LogP contribution in [-0.2, 0) is 9.59 Å². The Morgan fingerprint density at radius 1 is 1.08 bits per heavy atom. The molecule has 25 heavy (non-hydrogen) atoms. The number of Topliss-reactive ketones (excluding diaryl/α,β-unsaturated/α-hetero) is 2. The van der Waals surface area contributed by atoms with E-state index in [-0.39, 0.29) is 22.7 Å². The van der Waals surface area contributed by atoms with E-state index in [9.17, 15) is 14.7 Å². The van der Waals surface area contributed by atoms with Crippen LogP contribution in [0.3, 0.4) is 0 Å². The maximum Gasteiger partial charge on any atom is 0.133 e. The van der Waals surface area contributed by atoms with Crippen molar-refractivity contribution in [2.75, 3.05) is 0 Å². The van der Waals surface area contributed by atoms with Crippen LogP contribution < -0.4 is 0 Å². The zero-order valence-electron chi connectivity index (χ0n) is 16.3.